The van der Waals surface area contributed by atoms with E-state index in [1.54, 1.807) is 0 Å². The summed E-state index contributed by atoms with van der Waals surface area (Å²) in [5, 5.41) is 7.00. The lowest BCUT2D eigenvalue weighted by Gasteiger charge is -2.34. The van der Waals surface area contributed by atoms with Gasteiger partial charge < -0.3 is 19.8 Å². The second-order valence-corrected chi connectivity index (χ2v) is 9.08. The predicted octanol–water partition coefficient (Wildman–Crippen LogP) is 3.58. The summed E-state index contributed by atoms with van der Waals surface area (Å²) in [7, 11) is 0. The number of carbonyl (C=O) groups excluding carboxylic acids is 1. The Morgan fingerprint density at radius 2 is 1.81 bits per heavy atom. The summed E-state index contributed by atoms with van der Waals surface area (Å²) < 4.78 is 11.4. The monoisotopic (exact) mass is 460 g/mol. The van der Waals surface area contributed by atoms with Gasteiger partial charge in [0.1, 0.15) is 11.5 Å². The van der Waals surface area contributed by atoms with Crippen molar-refractivity contribution >= 4 is 17.6 Å². The standard InChI is InChI=1S/C24H33ClN4O3/c1-18-2-7-23(32-18)22(29-12-14-31-15-13-29)16-26-24(30)27-21-8-10-28(11-9-21)17-19-3-5-20(25)6-4-19/h2-7,21-22H,8-17H2,1H3,(H2,26,27,30). The number of nitrogens with zero attached hydrogens (tertiary/aromatic N) is 2. The molecular formula is C24H33ClN4O3. The smallest absolute Gasteiger partial charge is 0.315 e. The first-order valence-corrected chi connectivity index (χ1v) is 11.8. The van der Waals surface area contributed by atoms with Crippen molar-refractivity contribution in [2.45, 2.75) is 38.4 Å². The highest BCUT2D eigenvalue weighted by Crippen LogP contribution is 2.23. The molecule has 0 saturated carbocycles. The van der Waals surface area contributed by atoms with Crippen LogP contribution in [0.3, 0.4) is 0 Å². The highest BCUT2D eigenvalue weighted by Gasteiger charge is 2.26. The van der Waals surface area contributed by atoms with Crippen LogP contribution in [0, 0.1) is 6.92 Å². The van der Waals surface area contributed by atoms with Crippen LogP contribution in [0.4, 0.5) is 4.79 Å². The van der Waals surface area contributed by atoms with E-state index in [2.05, 4.69) is 32.6 Å². The fourth-order valence-electron chi connectivity index (χ4n) is 4.44. The number of amides is 2. The molecule has 1 aromatic heterocycles. The Bertz CT molecular complexity index is 858. The van der Waals surface area contributed by atoms with E-state index in [1.807, 2.05) is 31.2 Å². The van der Waals surface area contributed by atoms with E-state index in [1.165, 1.54) is 5.56 Å². The topological polar surface area (TPSA) is 70.0 Å². The van der Waals surface area contributed by atoms with Crippen LogP contribution in [-0.4, -0.2) is 67.8 Å². The fourth-order valence-corrected chi connectivity index (χ4v) is 4.57. The summed E-state index contributed by atoms with van der Waals surface area (Å²) in [5.41, 5.74) is 1.26. The van der Waals surface area contributed by atoms with Crippen molar-refractivity contribution in [1.29, 1.82) is 0 Å². The van der Waals surface area contributed by atoms with Crippen molar-refractivity contribution in [3.8, 4) is 0 Å². The number of morpholine rings is 1. The number of carbonyl (C=O) groups is 1. The molecule has 2 aliphatic heterocycles. The minimum Gasteiger partial charge on any atom is -0.465 e. The number of benzene rings is 1. The molecule has 2 saturated heterocycles. The minimum absolute atomic E-state index is 0.0135. The van der Waals surface area contributed by atoms with Gasteiger partial charge in [-0.2, -0.15) is 0 Å². The Morgan fingerprint density at radius 1 is 1.09 bits per heavy atom. The van der Waals surface area contributed by atoms with Crippen molar-refractivity contribution in [2.75, 3.05) is 45.9 Å². The van der Waals surface area contributed by atoms with Gasteiger partial charge in [-0.1, -0.05) is 23.7 Å². The summed E-state index contributed by atoms with van der Waals surface area (Å²) in [6.07, 6.45) is 1.90. The molecule has 0 radical (unpaired) electrons. The molecule has 3 heterocycles. The number of likely N-dealkylation sites (tertiary alicyclic amines) is 1. The van der Waals surface area contributed by atoms with Gasteiger partial charge >= 0.3 is 6.03 Å². The van der Waals surface area contributed by atoms with E-state index in [0.29, 0.717) is 19.8 Å². The van der Waals surface area contributed by atoms with Crippen molar-refractivity contribution in [3.63, 3.8) is 0 Å². The van der Waals surface area contributed by atoms with Crippen molar-refractivity contribution in [3.05, 3.63) is 58.5 Å². The lowest BCUT2D eigenvalue weighted by Crippen LogP contribution is -2.50. The Kier molecular flexibility index (Phi) is 8.08. The van der Waals surface area contributed by atoms with Crippen LogP contribution in [0.15, 0.2) is 40.8 Å². The zero-order chi connectivity index (χ0) is 22.3. The molecule has 0 aliphatic carbocycles. The lowest BCUT2D eigenvalue weighted by atomic mass is 10.0. The predicted molar refractivity (Wildman–Crippen MR) is 125 cm³/mol. The van der Waals surface area contributed by atoms with Crippen molar-refractivity contribution in [2.24, 2.45) is 0 Å². The number of nitrogens with one attached hydrogen (secondary N) is 2. The molecule has 2 fully saturated rings. The zero-order valence-corrected chi connectivity index (χ0v) is 19.4. The third kappa shape index (κ3) is 6.48. The number of piperidine rings is 1. The molecule has 2 amide bonds. The van der Waals surface area contributed by atoms with Crippen molar-refractivity contribution < 1.29 is 13.9 Å². The van der Waals surface area contributed by atoms with Crippen LogP contribution in [0.2, 0.25) is 5.02 Å². The molecule has 2 aromatic rings. The summed E-state index contributed by atoms with van der Waals surface area (Å²) in [5.74, 6) is 1.77. The van der Waals surface area contributed by atoms with Gasteiger partial charge in [0.25, 0.3) is 0 Å². The van der Waals surface area contributed by atoms with Crippen LogP contribution < -0.4 is 10.6 Å². The fraction of sp³-hybridized carbons (Fsp3) is 0.542. The second-order valence-electron chi connectivity index (χ2n) is 8.64. The first kappa shape index (κ1) is 23.1. The van der Waals surface area contributed by atoms with Gasteiger partial charge in [0.15, 0.2) is 0 Å². The summed E-state index contributed by atoms with van der Waals surface area (Å²) >= 11 is 5.97. The quantitative estimate of drug-likeness (QED) is 0.661. The summed E-state index contributed by atoms with van der Waals surface area (Å²) in [6, 6.07) is 12.1. The molecule has 2 aliphatic rings. The number of ether oxygens (including phenoxy) is 1. The van der Waals surface area contributed by atoms with Crippen molar-refractivity contribution in [1.82, 2.24) is 20.4 Å². The number of rotatable bonds is 7. The first-order chi connectivity index (χ1) is 15.6. The van der Waals surface area contributed by atoms with E-state index in [9.17, 15) is 4.79 Å². The average molecular weight is 461 g/mol. The van der Waals surface area contributed by atoms with Crippen LogP contribution in [-0.2, 0) is 11.3 Å². The summed E-state index contributed by atoms with van der Waals surface area (Å²) in [6.45, 7) is 8.38. The van der Waals surface area contributed by atoms with E-state index in [0.717, 1.165) is 62.1 Å². The Hall–Kier alpha value is -2.06. The van der Waals surface area contributed by atoms with Crippen LogP contribution >= 0.6 is 11.6 Å². The molecule has 174 valence electrons. The van der Waals surface area contributed by atoms with Gasteiger partial charge in [-0.25, -0.2) is 4.79 Å². The Morgan fingerprint density at radius 3 is 2.47 bits per heavy atom. The zero-order valence-electron chi connectivity index (χ0n) is 18.7. The van der Waals surface area contributed by atoms with Gasteiger partial charge in [0.05, 0.1) is 19.3 Å². The molecule has 8 heteroatoms. The lowest BCUT2D eigenvalue weighted by molar-refractivity contribution is 0.0121. The molecule has 1 unspecified atom stereocenters. The highest BCUT2D eigenvalue weighted by atomic mass is 35.5. The molecule has 1 aromatic carbocycles. The normalized spacial score (nSPS) is 19.6. The molecule has 32 heavy (non-hydrogen) atoms. The SMILES string of the molecule is Cc1ccc(C(CNC(=O)NC2CCN(Cc3ccc(Cl)cc3)CC2)N2CCOCC2)o1. The first-order valence-electron chi connectivity index (χ1n) is 11.5. The Labute approximate surface area is 195 Å². The number of hydrogen-bond acceptors (Lipinski definition) is 5. The summed E-state index contributed by atoms with van der Waals surface area (Å²) in [4.78, 5) is 17.4. The third-order valence-corrected chi connectivity index (χ3v) is 6.53. The second kappa shape index (κ2) is 11.2. The van der Waals surface area contributed by atoms with Gasteiger partial charge in [-0.05, 0) is 49.6 Å². The van der Waals surface area contributed by atoms with Gasteiger partial charge in [-0.3, -0.25) is 9.80 Å². The van der Waals surface area contributed by atoms with E-state index < -0.39 is 0 Å². The maximum atomic E-state index is 12.6. The molecule has 0 bridgehead atoms. The largest absolute Gasteiger partial charge is 0.465 e. The van der Waals surface area contributed by atoms with E-state index >= 15 is 0 Å². The van der Waals surface area contributed by atoms with E-state index in [4.69, 9.17) is 20.8 Å². The van der Waals surface area contributed by atoms with Crippen LogP contribution in [0.5, 0.6) is 0 Å². The maximum absolute atomic E-state index is 12.6. The minimum atomic E-state index is -0.109. The maximum Gasteiger partial charge on any atom is 0.315 e. The van der Waals surface area contributed by atoms with E-state index in [-0.39, 0.29) is 18.1 Å². The molecule has 4 rings (SSSR count). The molecule has 2 N–H and O–H groups in total. The van der Waals surface area contributed by atoms with Gasteiger partial charge in [0, 0.05) is 50.3 Å². The number of hydrogen-bond donors (Lipinski definition) is 2. The molecule has 1 atom stereocenters. The van der Waals surface area contributed by atoms with Gasteiger partial charge in [-0.15, -0.1) is 0 Å². The number of aryl methyl sites for hydroxylation is 1. The third-order valence-electron chi connectivity index (χ3n) is 6.27. The molecule has 7 nitrogen and oxygen atoms in total. The average Bonchev–Trinajstić information content (AvgIpc) is 3.23. The number of urea groups is 1. The Balaban J connectivity index is 1.23. The number of halogens is 1. The van der Waals surface area contributed by atoms with Crippen LogP contribution in [0.25, 0.3) is 0 Å². The highest BCUT2D eigenvalue weighted by molar-refractivity contribution is 6.30. The molecular weight excluding hydrogens is 428 g/mol. The number of furan rings is 1. The van der Waals surface area contributed by atoms with Crippen LogP contribution in [0.1, 0.15) is 36.0 Å². The molecule has 0 spiro atoms. The van der Waals surface area contributed by atoms with Gasteiger partial charge in [0.2, 0.25) is 0 Å².